The minimum absolute atomic E-state index is 0. The summed E-state index contributed by atoms with van der Waals surface area (Å²) in [6.45, 7) is 1.81. The smallest absolute Gasteiger partial charge is 0.251 e. The van der Waals surface area contributed by atoms with Crippen LogP contribution >= 0.6 is 12.4 Å². The van der Waals surface area contributed by atoms with Crippen molar-refractivity contribution < 1.29 is 13.2 Å². The summed E-state index contributed by atoms with van der Waals surface area (Å²) in [5.74, 6) is -0.267. The molecular weight excluding hydrogens is 372 g/mol. The van der Waals surface area contributed by atoms with Gasteiger partial charge in [0.1, 0.15) is 0 Å². The van der Waals surface area contributed by atoms with E-state index in [9.17, 15) is 13.2 Å². The molecule has 1 aliphatic heterocycles. The van der Waals surface area contributed by atoms with E-state index in [2.05, 4.69) is 10.6 Å². The third kappa shape index (κ3) is 5.30. The van der Waals surface area contributed by atoms with Gasteiger partial charge >= 0.3 is 0 Å². The summed E-state index contributed by atoms with van der Waals surface area (Å²) in [5.41, 5.74) is 1.11. The molecule has 1 amide bonds. The number of hydrogen-bond donors (Lipinski definition) is 2. The van der Waals surface area contributed by atoms with Crippen molar-refractivity contribution in [2.75, 3.05) is 13.1 Å². The van der Waals surface area contributed by atoms with Gasteiger partial charge in [-0.3, -0.25) is 4.79 Å². The molecule has 0 unspecified atom stereocenters. The van der Waals surface area contributed by atoms with E-state index in [1.165, 1.54) is 0 Å². The van der Waals surface area contributed by atoms with Crippen molar-refractivity contribution >= 4 is 28.2 Å². The number of rotatable bonds is 5. The maximum Gasteiger partial charge on any atom is 0.251 e. The van der Waals surface area contributed by atoms with Gasteiger partial charge in [0.05, 0.1) is 10.6 Å². The van der Waals surface area contributed by atoms with E-state index >= 15 is 0 Å². The summed E-state index contributed by atoms with van der Waals surface area (Å²) in [6.07, 6.45) is 1.82. The van der Waals surface area contributed by atoms with Gasteiger partial charge in [0.15, 0.2) is 9.84 Å². The quantitative estimate of drug-likeness (QED) is 0.817. The molecule has 0 radical (unpaired) electrons. The standard InChI is InChI=1S/C19H22N2O3S.ClH/c22-19(21-17-9-11-20-12-10-17)16-6-4-5-15(13-16)14-25(23,24)18-7-2-1-3-8-18;/h1-8,13,17,20H,9-12,14H2,(H,21,22);1H. The second-order valence-electron chi connectivity index (χ2n) is 6.27. The number of hydrogen-bond acceptors (Lipinski definition) is 4. The fraction of sp³-hybridized carbons (Fsp3) is 0.316. The van der Waals surface area contributed by atoms with Gasteiger partial charge in [0.2, 0.25) is 0 Å². The Morgan fingerprint density at radius 2 is 1.73 bits per heavy atom. The van der Waals surface area contributed by atoms with Crippen LogP contribution in [-0.4, -0.2) is 33.5 Å². The third-order valence-electron chi connectivity index (χ3n) is 4.32. The zero-order chi connectivity index (χ0) is 17.7. The van der Waals surface area contributed by atoms with Crippen molar-refractivity contribution in [2.45, 2.75) is 29.5 Å². The van der Waals surface area contributed by atoms with E-state index in [-0.39, 0.29) is 30.1 Å². The topological polar surface area (TPSA) is 75.3 Å². The molecule has 140 valence electrons. The summed E-state index contributed by atoms with van der Waals surface area (Å²) < 4.78 is 25.0. The molecule has 3 rings (SSSR count). The second kappa shape index (κ2) is 9.16. The number of sulfone groups is 1. The van der Waals surface area contributed by atoms with Crippen LogP contribution < -0.4 is 10.6 Å². The van der Waals surface area contributed by atoms with Crippen LogP contribution in [0.25, 0.3) is 0 Å². The Bertz CT molecular complexity index is 835. The van der Waals surface area contributed by atoms with Crippen molar-refractivity contribution in [2.24, 2.45) is 0 Å². The Morgan fingerprint density at radius 1 is 1.04 bits per heavy atom. The van der Waals surface area contributed by atoms with Gasteiger partial charge in [0, 0.05) is 11.6 Å². The fourth-order valence-corrected chi connectivity index (χ4v) is 4.32. The molecule has 7 heteroatoms. The number of carbonyl (C=O) groups excluding carboxylic acids is 1. The van der Waals surface area contributed by atoms with Crippen LogP contribution in [-0.2, 0) is 15.6 Å². The number of halogens is 1. The highest BCUT2D eigenvalue weighted by Gasteiger charge is 2.18. The zero-order valence-electron chi connectivity index (χ0n) is 14.4. The number of piperidine rings is 1. The molecule has 0 saturated carbocycles. The van der Waals surface area contributed by atoms with Crippen LogP contribution in [0, 0.1) is 0 Å². The molecule has 26 heavy (non-hydrogen) atoms. The summed E-state index contributed by atoms with van der Waals surface area (Å²) >= 11 is 0. The monoisotopic (exact) mass is 394 g/mol. The molecule has 5 nitrogen and oxygen atoms in total. The first-order valence-electron chi connectivity index (χ1n) is 8.43. The minimum atomic E-state index is -3.42. The molecule has 0 aliphatic carbocycles. The molecule has 0 aromatic heterocycles. The average molecular weight is 395 g/mol. The average Bonchev–Trinajstić information content (AvgIpc) is 2.63. The summed E-state index contributed by atoms with van der Waals surface area (Å²) in [7, 11) is -3.42. The van der Waals surface area contributed by atoms with E-state index in [4.69, 9.17) is 0 Å². The first-order valence-corrected chi connectivity index (χ1v) is 10.1. The number of amides is 1. The van der Waals surface area contributed by atoms with Crippen LogP contribution in [0.15, 0.2) is 59.5 Å². The zero-order valence-corrected chi connectivity index (χ0v) is 16.0. The molecule has 0 spiro atoms. The molecule has 2 aromatic rings. The third-order valence-corrected chi connectivity index (χ3v) is 6.03. The lowest BCUT2D eigenvalue weighted by Gasteiger charge is -2.23. The molecule has 0 bridgehead atoms. The van der Waals surface area contributed by atoms with Gasteiger partial charge in [-0.1, -0.05) is 30.3 Å². The predicted octanol–water partition coefficient (Wildman–Crippen LogP) is 2.56. The normalized spacial score (nSPS) is 15.1. The van der Waals surface area contributed by atoms with Gasteiger partial charge < -0.3 is 10.6 Å². The van der Waals surface area contributed by atoms with Crippen LogP contribution in [0.5, 0.6) is 0 Å². The molecule has 1 fully saturated rings. The van der Waals surface area contributed by atoms with Gasteiger partial charge in [-0.15, -0.1) is 12.4 Å². The maximum absolute atomic E-state index is 12.5. The summed E-state index contributed by atoms with van der Waals surface area (Å²) in [5, 5.41) is 6.29. The number of nitrogens with one attached hydrogen (secondary N) is 2. The number of benzene rings is 2. The Labute approximate surface area is 160 Å². The van der Waals surface area contributed by atoms with Crippen molar-refractivity contribution in [3.63, 3.8) is 0 Å². The van der Waals surface area contributed by atoms with Crippen LogP contribution in [0.3, 0.4) is 0 Å². The van der Waals surface area contributed by atoms with Gasteiger partial charge in [0.25, 0.3) is 5.91 Å². The molecule has 2 N–H and O–H groups in total. The highest BCUT2D eigenvalue weighted by atomic mass is 35.5. The summed E-state index contributed by atoms with van der Waals surface area (Å²) in [6, 6.07) is 15.4. The molecule has 0 atom stereocenters. The highest BCUT2D eigenvalue weighted by molar-refractivity contribution is 7.90. The molecule has 2 aromatic carbocycles. The van der Waals surface area contributed by atoms with Crippen LogP contribution in [0.1, 0.15) is 28.8 Å². The van der Waals surface area contributed by atoms with Gasteiger partial charge in [-0.2, -0.15) is 0 Å². The first kappa shape index (κ1) is 20.4. The lowest BCUT2D eigenvalue weighted by Crippen LogP contribution is -2.42. The molecule has 1 aliphatic rings. The van der Waals surface area contributed by atoms with Crippen molar-refractivity contribution in [3.8, 4) is 0 Å². The molecular formula is C19H23ClN2O3S. The molecule has 1 heterocycles. The van der Waals surface area contributed by atoms with Crippen molar-refractivity contribution in [1.29, 1.82) is 0 Å². The Balaban J connectivity index is 0.00000243. The lowest BCUT2D eigenvalue weighted by atomic mass is 10.1. The Kier molecular flexibility index (Phi) is 7.20. The van der Waals surface area contributed by atoms with E-state index < -0.39 is 9.84 Å². The largest absolute Gasteiger partial charge is 0.349 e. The van der Waals surface area contributed by atoms with E-state index in [0.29, 0.717) is 16.0 Å². The Morgan fingerprint density at radius 3 is 2.42 bits per heavy atom. The maximum atomic E-state index is 12.5. The summed E-state index contributed by atoms with van der Waals surface area (Å²) in [4.78, 5) is 12.7. The van der Waals surface area contributed by atoms with Gasteiger partial charge in [-0.25, -0.2) is 8.42 Å². The second-order valence-corrected chi connectivity index (χ2v) is 8.26. The lowest BCUT2D eigenvalue weighted by molar-refractivity contribution is 0.0929. The minimum Gasteiger partial charge on any atom is -0.349 e. The first-order chi connectivity index (χ1) is 12.0. The number of carbonyl (C=O) groups is 1. The molecule has 1 saturated heterocycles. The highest BCUT2D eigenvalue weighted by Crippen LogP contribution is 2.17. The van der Waals surface area contributed by atoms with Crippen molar-refractivity contribution in [3.05, 3.63) is 65.7 Å². The SMILES string of the molecule is Cl.O=C(NC1CCNCC1)c1cccc(CS(=O)(=O)c2ccccc2)c1. The Hall–Kier alpha value is -1.89. The van der Waals surface area contributed by atoms with Gasteiger partial charge in [-0.05, 0) is 55.8 Å². The fourth-order valence-electron chi connectivity index (χ4n) is 2.97. The van der Waals surface area contributed by atoms with Crippen LogP contribution in [0.4, 0.5) is 0 Å². The van der Waals surface area contributed by atoms with E-state index in [0.717, 1.165) is 25.9 Å². The predicted molar refractivity (Wildman–Crippen MR) is 104 cm³/mol. The van der Waals surface area contributed by atoms with E-state index in [1.54, 1.807) is 54.6 Å². The van der Waals surface area contributed by atoms with Crippen molar-refractivity contribution in [1.82, 2.24) is 10.6 Å². The van der Waals surface area contributed by atoms with E-state index in [1.807, 2.05) is 0 Å². The van der Waals surface area contributed by atoms with Crippen LogP contribution in [0.2, 0.25) is 0 Å².